The van der Waals surface area contributed by atoms with Crippen molar-refractivity contribution in [3.8, 4) is 6.19 Å². The van der Waals surface area contributed by atoms with E-state index in [1.54, 1.807) is 6.19 Å². The fourth-order valence-corrected chi connectivity index (χ4v) is 0.660. The van der Waals surface area contributed by atoms with Crippen LogP contribution in [0.2, 0.25) is 0 Å². The van der Waals surface area contributed by atoms with Crippen LogP contribution in [0.1, 0.15) is 6.42 Å². The van der Waals surface area contributed by atoms with E-state index in [0.717, 1.165) is 4.90 Å². The maximum absolute atomic E-state index is 10.6. The molecule has 0 aromatic rings. The third kappa shape index (κ3) is 1.05. The number of imide groups is 1. The largest absolute Gasteiger partial charge is 0.337 e. The Balaban J connectivity index is 2.62. The predicted molar refractivity (Wildman–Crippen MR) is 30.5 cm³/mol. The van der Waals surface area contributed by atoms with E-state index < -0.39 is 6.03 Å². The van der Waals surface area contributed by atoms with Crippen LogP contribution in [0.15, 0.2) is 0 Å². The minimum atomic E-state index is -0.626. The molecule has 1 aliphatic heterocycles. The van der Waals surface area contributed by atoms with Crippen LogP contribution >= 0.6 is 0 Å². The molecule has 0 aromatic heterocycles. The van der Waals surface area contributed by atoms with Gasteiger partial charge in [-0.05, 0) is 0 Å². The molecule has 1 N–H and O–H groups in total. The summed E-state index contributed by atoms with van der Waals surface area (Å²) in [5.74, 6) is -0.323. The van der Waals surface area contributed by atoms with Gasteiger partial charge in [-0.2, -0.15) is 5.26 Å². The van der Waals surface area contributed by atoms with Gasteiger partial charge in [-0.1, -0.05) is 0 Å². The summed E-state index contributed by atoms with van der Waals surface area (Å²) >= 11 is 0. The lowest BCUT2D eigenvalue weighted by Crippen LogP contribution is -2.46. The highest BCUT2D eigenvalue weighted by atomic mass is 16.2. The maximum Gasteiger partial charge on any atom is 0.337 e. The van der Waals surface area contributed by atoms with Gasteiger partial charge in [0.05, 0.1) is 0 Å². The number of amides is 3. The highest BCUT2D eigenvalue weighted by Crippen LogP contribution is 1.96. The number of hydrogen-bond acceptors (Lipinski definition) is 3. The summed E-state index contributed by atoms with van der Waals surface area (Å²) < 4.78 is 0. The molecule has 1 fully saturated rings. The van der Waals surface area contributed by atoms with Gasteiger partial charge in [-0.25, -0.2) is 9.69 Å². The van der Waals surface area contributed by atoms with Gasteiger partial charge in [-0.15, -0.1) is 0 Å². The molecule has 3 amide bonds. The van der Waals surface area contributed by atoms with Crippen LogP contribution in [0.3, 0.4) is 0 Å². The molecule has 1 saturated heterocycles. The van der Waals surface area contributed by atoms with Crippen molar-refractivity contribution in [2.45, 2.75) is 6.42 Å². The van der Waals surface area contributed by atoms with Crippen molar-refractivity contribution >= 4 is 11.9 Å². The van der Waals surface area contributed by atoms with E-state index in [1.165, 1.54) is 0 Å². The summed E-state index contributed by atoms with van der Waals surface area (Å²) in [5.41, 5.74) is 0. The number of urea groups is 1. The molecule has 0 saturated carbocycles. The Hall–Kier alpha value is -1.57. The van der Waals surface area contributed by atoms with E-state index in [9.17, 15) is 9.59 Å². The van der Waals surface area contributed by atoms with Crippen LogP contribution in [0.4, 0.5) is 4.79 Å². The fraction of sp³-hybridized carbons (Fsp3) is 0.400. The van der Waals surface area contributed by atoms with Gasteiger partial charge in [0.25, 0.3) is 0 Å². The summed E-state index contributed by atoms with van der Waals surface area (Å²) in [6.07, 6.45) is 1.85. The Morgan fingerprint density at radius 2 is 2.30 bits per heavy atom. The van der Waals surface area contributed by atoms with Gasteiger partial charge < -0.3 is 0 Å². The Bertz CT molecular complexity index is 217. The maximum atomic E-state index is 10.6. The van der Waals surface area contributed by atoms with Gasteiger partial charge in [0.2, 0.25) is 5.91 Å². The molecule has 5 nitrogen and oxygen atoms in total. The summed E-state index contributed by atoms with van der Waals surface area (Å²) in [7, 11) is 0. The van der Waals surface area contributed by atoms with E-state index in [-0.39, 0.29) is 18.9 Å². The Kier molecular flexibility index (Phi) is 1.54. The summed E-state index contributed by atoms with van der Waals surface area (Å²) in [5, 5.41) is 10.3. The molecule has 0 unspecified atom stereocenters. The quantitative estimate of drug-likeness (QED) is 0.456. The predicted octanol–water partition coefficient (Wildman–Crippen LogP) is -0.591. The van der Waals surface area contributed by atoms with E-state index in [0.29, 0.717) is 0 Å². The lowest BCUT2D eigenvalue weighted by Gasteiger charge is -2.18. The molecular weight excluding hydrogens is 134 g/mol. The lowest BCUT2D eigenvalue weighted by atomic mass is 10.3. The molecule has 52 valence electrons. The second-order valence-electron chi connectivity index (χ2n) is 1.85. The first kappa shape index (κ1) is 6.55. The van der Waals surface area contributed by atoms with Crippen LogP contribution in [0.25, 0.3) is 0 Å². The van der Waals surface area contributed by atoms with E-state index in [1.807, 2.05) is 5.32 Å². The molecule has 0 atom stereocenters. The first-order valence-electron chi connectivity index (χ1n) is 2.75. The number of carbonyl (C=O) groups is 2. The summed E-state index contributed by atoms with van der Waals surface area (Å²) in [4.78, 5) is 22.0. The number of rotatable bonds is 0. The lowest BCUT2D eigenvalue weighted by molar-refractivity contribution is -0.121. The molecule has 0 spiro atoms. The van der Waals surface area contributed by atoms with Crippen molar-refractivity contribution in [1.82, 2.24) is 10.2 Å². The van der Waals surface area contributed by atoms with Crippen molar-refractivity contribution in [2.24, 2.45) is 0 Å². The molecule has 0 bridgehead atoms. The van der Waals surface area contributed by atoms with Crippen molar-refractivity contribution in [3.63, 3.8) is 0 Å². The number of hydrogen-bond donors (Lipinski definition) is 1. The fourth-order valence-electron chi connectivity index (χ4n) is 0.660. The molecule has 0 aromatic carbocycles. The van der Waals surface area contributed by atoms with E-state index in [4.69, 9.17) is 5.26 Å². The second-order valence-corrected chi connectivity index (χ2v) is 1.85. The van der Waals surface area contributed by atoms with Crippen LogP contribution in [-0.4, -0.2) is 23.4 Å². The number of carbonyl (C=O) groups excluding carboxylic acids is 2. The average Bonchev–Trinajstić information content (AvgIpc) is 1.88. The summed E-state index contributed by atoms with van der Waals surface area (Å²) in [6, 6.07) is -0.626. The smallest absolute Gasteiger partial charge is 0.277 e. The zero-order valence-corrected chi connectivity index (χ0v) is 5.13. The topological polar surface area (TPSA) is 73.2 Å². The minimum Gasteiger partial charge on any atom is -0.277 e. The van der Waals surface area contributed by atoms with Gasteiger partial charge in [0.1, 0.15) is 0 Å². The van der Waals surface area contributed by atoms with Crippen molar-refractivity contribution < 1.29 is 9.59 Å². The monoisotopic (exact) mass is 139 g/mol. The van der Waals surface area contributed by atoms with Gasteiger partial charge >= 0.3 is 6.03 Å². The zero-order valence-electron chi connectivity index (χ0n) is 5.13. The highest BCUT2D eigenvalue weighted by Gasteiger charge is 2.21. The van der Waals surface area contributed by atoms with E-state index >= 15 is 0 Å². The Labute approximate surface area is 57.2 Å². The minimum absolute atomic E-state index is 0.196. The summed E-state index contributed by atoms with van der Waals surface area (Å²) in [6.45, 7) is 0.196. The van der Waals surface area contributed by atoms with Gasteiger partial charge in [0.15, 0.2) is 6.19 Å². The normalized spacial score (nSPS) is 18.1. The zero-order chi connectivity index (χ0) is 7.56. The van der Waals surface area contributed by atoms with E-state index in [2.05, 4.69) is 0 Å². The van der Waals surface area contributed by atoms with Gasteiger partial charge in [-0.3, -0.25) is 10.1 Å². The first-order chi connectivity index (χ1) is 4.74. The molecule has 5 heteroatoms. The molecule has 0 aliphatic carbocycles. The molecular formula is C5H5N3O2. The third-order valence-corrected chi connectivity index (χ3v) is 1.17. The van der Waals surface area contributed by atoms with Crippen LogP contribution < -0.4 is 5.32 Å². The molecule has 1 aliphatic rings. The highest BCUT2D eigenvalue weighted by molar-refractivity contribution is 5.97. The Morgan fingerprint density at radius 1 is 1.60 bits per heavy atom. The average molecular weight is 139 g/mol. The molecule has 1 rings (SSSR count). The Morgan fingerprint density at radius 3 is 2.80 bits per heavy atom. The number of nitrogens with one attached hydrogen (secondary N) is 1. The molecule has 10 heavy (non-hydrogen) atoms. The van der Waals surface area contributed by atoms with Crippen LogP contribution in [-0.2, 0) is 4.79 Å². The molecule has 1 heterocycles. The SMILES string of the molecule is N#CN1CCC(=O)NC1=O. The van der Waals surface area contributed by atoms with Crippen LogP contribution in [0.5, 0.6) is 0 Å². The van der Waals surface area contributed by atoms with Crippen molar-refractivity contribution in [1.29, 1.82) is 5.26 Å². The third-order valence-electron chi connectivity index (χ3n) is 1.17. The second kappa shape index (κ2) is 2.35. The first-order valence-corrected chi connectivity index (χ1v) is 2.75. The van der Waals surface area contributed by atoms with Crippen LogP contribution in [0, 0.1) is 11.5 Å². The standard InChI is InChI=1S/C5H5N3O2/c6-3-8-2-1-4(9)7-5(8)10/h1-2H2,(H,7,9,10). The van der Waals surface area contributed by atoms with Crippen molar-refractivity contribution in [3.05, 3.63) is 0 Å². The molecule has 0 radical (unpaired) electrons. The van der Waals surface area contributed by atoms with Crippen molar-refractivity contribution in [2.75, 3.05) is 6.54 Å². The number of nitrogens with zero attached hydrogens (tertiary/aromatic N) is 2. The van der Waals surface area contributed by atoms with Gasteiger partial charge in [0, 0.05) is 13.0 Å². The number of nitriles is 1.